The summed E-state index contributed by atoms with van der Waals surface area (Å²) >= 11 is 0. The summed E-state index contributed by atoms with van der Waals surface area (Å²) < 4.78 is 0. The first-order valence-corrected chi connectivity index (χ1v) is 6.82. The van der Waals surface area contributed by atoms with Crippen molar-refractivity contribution in [2.75, 3.05) is 0 Å². The predicted octanol–water partition coefficient (Wildman–Crippen LogP) is -0.394. The molecule has 0 saturated heterocycles. The minimum atomic E-state index is -1.16. The van der Waals surface area contributed by atoms with Crippen LogP contribution in [0.1, 0.15) is 20.8 Å². The SMILES string of the molecule is CC=CC=CC(=O)[O-].CC=CC=CC(=O)[O-].CC=CC=CC(=O)[O-].[La+3]. The third-order valence-electron chi connectivity index (χ3n) is 1.61. The Morgan fingerprint density at radius 1 is 0.520 bits per heavy atom. The van der Waals surface area contributed by atoms with Crippen LogP contribution in [0.2, 0.25) is 0 Å². The van der Waals surface area contributed by atoms with Crippen molar-refractivity contribution in [1.29, 1.82) is 0 Å². The molecule has 132 valence electrons. The molecule has 6 nitrogen and oxygen atoms in total. The van der Waals surface area contributed by atoms with Crippen molar-refractivity contribution in [2.24, 2.45) is 0 Å². The van der Waals surface area contributed by atoms with Gasteiger partial charge in [0.25, 0.3) is 0 Å². The molecule has 0 atom stereocenters. The van der Waals surface area contributed by atoms with Gasteiger partial charge in [-0.25, -0.2) is 0 Å². The van der Waals surface area contributed by atoms with Crippen LogP contribution >= 0.6 is 0 Å². The van der Waals surface area contributed by atoms with Gasteiger partial charge < -0.3 is 29.7 Å². The molecular formula is C18H21LaO6. The molecule has 0 rings (SSSR count). The van der Waals surface area contributed by atoms with Crippen molar-refractivity contribution in [2.45, 2.75) is 20.8 Å². The molecule has 0 aromatic heterocycles. The number of aliphatic carboxylic acids is 3. The summed E-state index contributed by atoms with van der Waals surface area (Å²) in [5, 5.41) is 28.9. The second-order valence-corrected chi connectivity index (χ2v) is 3.61. The van der Waals surface area contributed by atoms with Crippen LogP contribution in [0.25, 0.3) is 0 Å². The van der Waals surface area contributed by atoms with Gasteiger partial charge in [0.05, 0.1) is 17.9 Å². The van der Waals surface area contributed by atoms with Crippen molar-refractivity contribution in [3.05, 3.63) is 72.9 Å². The van der Waals surface area contributed by atoms with E-state index in [1.807, 2.05) is 0 Å². The quantitative estimate of drug-likeness (QED) is 0.384. The molecule has 0 bridgehead atoms. The van der Waals surface area contributed by atoms with Gasteiger partial charge in [-0.3, -0.25) is 0 Å². The first-order valence-electron chi connectivity index (χ1n) is 6.82. The van der Waals surface area contributed by atoms with Gasteiger partial charge in [0.2, 0.25) is 0 Å². The maximum absolute atomic E-state index is 9.64. The summed E-state index contributed by atoms with van der Waals surface area (Å²) in [5.74, 6) is -3.49. The minimum absolute atomic E-state index is 0. The summed E-state index contributed by atoms with van der Waals surface area (Å²) in [6, 6.07) is 0. The van der Waals surface area contributed by atoms with Crippen LogP contribution in [0, 0.1) is 35.6 Å². The van der Waals surface area contributed by atoms with E-state index in [1.165, 1.54) is 18.2 Å². The number of carbonyl (C=O) groups is 3. The van der Waals surface area contributed by atoms with Crippen LogP contribution in [-0.2, 0) is 14.4 Å². The van der Waals surface area contributed by atoms with E-state index < -0.39 is 17.9 Å². The second kappa shape index (κ2) is 26.9. The van der Waals surface area contributed by atoms with E-state index in [2.05, 4.69) is 0 Å². The number of rotatable bonds is 6. The van der Waals surface area contributed by atoms with Crippen LogP contribution in [0.3, 0.4) is 0 Å². The fraction of sp³-hybridized carbons (Fsp3) is 0.167. The molecule has 0 unspecified atom stereocenters. The molecule has 0 aliphatic rings. The Bertz CT molecular complexity index is 450. The van der Waals surface area contributed by atoms with Crippen LogP contribution in [0.4, 0.5) is 0 Å². The number of hydrogen-bond acceptors (Lipinski definition) is 6. The third-order valence-corrected chi connectivity index (χ3v) is 1.61. The molecular weight excluding hydrogens is 451 g/mol. The molecule has 0 N–H and O–H groups in total. The van der Waals surface area contributed by atoms with Crippen LogP contribution in [0.15, 0.2) is 72.9 Å². The standard InChI is InChI=1S/3C6H8O2.La/c3*1-2-3-4-5-6(7)8;/h3*2-5H,1H3,(H,7,8);/q;;;+3/p-3. The molecule has 7 heteroatoms. The first-order chi connectivity index (χ1) is 11.3. The molecule has 0 aromatic rings. The molecule has 0 radical (unpaired) electrons. The topological polar surface area (TPSA) is 120 Å². The number of carbonyl (C=O) groups excluding carboxylic acids is 3. The van der Waals surface area contributed by atoms with Crippen LogP contribution in [-0.4, -0.2) is 17.9 Å². The van der Waals surface area contributed by atoms with E-state index in [9.17, 15) is 29.7 Å². The molecule has 0 amide bonds. The van der Waals surface area contributed by atoms with Gasteiger partial charge in [-0.15, -0.1) is 0 Å². The van der Waals surface area contributed by atoms with E-state index >= 15 is 0 Å². The summed E-state index contributed by atoms with van der Waals surface area (Å²) in [6.45, 7) is 5.42. The summed E-state index contributed by atoms with van der Waals surface area (Å²) in [5.41, 5.74) is 0. The van der Waals surface area contributed by atoms with Crippen LogP contribution < -0.4 is 15.3 Å². The van der Waals surface area contributed by atoms with Crippen LogP contribution in [0.5, 0.6) is 0 Å². The van der Waals surface area contributed by atoms with E-state index in [0.29, 0.717) is 0 Å². The number of hydrogen-bond donors (Lipinski definition) is 0. The van der Waals surface area contributed by atoms with Gasteiger partial charge in [-0.05, 0) is 39.0 Å². The monoisotopic (exact) mass is 472 g/mol. The Morgan fingerprint density at radius 3 is 0.840 bits per heavy atom. The normalized spacial score (nSPS) is 10.7. The maximum atomic E-state index is 9.64. The third kappa shape index (κ3) is 52.1. The molecule has 0 saturated carbocycles. The molecule has 0 fully saturated rings. The summed E-state index contributed by atoms with van der Waals surface area (Å²) in [7, 11) is 0. The molecule has 0 aliphatic heterocycles. The summed E-state index contributed by atoms with van der Waals surface area (Å²) in [4.78, 5) is 28.9. The van der Waals surface area contributed by atoms with Gasteiger partial charge in [0, 0.05) is 0 Å². The van der Waals surface area contributed by atoms with Crippen molar-refractivity contribution >= 4 is 17.9 Å². The predicted molar refractivity (Wildman–Crippen MR) is 86.9 cm³/mol. The summed E-state index contributed by atoms with van der Waals surface area (Å²) in [6.07, 6.45) is 17.2. The maximum Gasteiger partial charge on any atom is 3.00 e. The number of allylic oxidation sites excluding steroid dienone is 9. The number of carboxylic acid groups (broad SMARTS) is 3. The fourth-order valence-corrected chi connectivity index (χ4v) is 0.736. The molecule has 0 aromatic carbocycles. The first kappa shape index (κ1) is 30.9. The molecule has 0 heterocycles. The van der Waals surface area contributed by atoms with Crippen molar-refractivity contribution in [1.82, 2.24) is 0 Å². The number of carboxylic acids is 3. The Kier molecular flexibility index (Phi) is 33.2. The van der Waals surface area contributed by atoms with Crippen molar-refractivity contribution in [3.63, 3.8) is 0 Å². The van der Waals surface area contributed by atoms with Gasteiger partial charge in [-0.2, -0.15) is 0 Å². The largest absolute Gasteiger partial charge is 3.00 e. The molecule has 0 aliphatic carbocycles. The van der Waals surface area contributed by atoms with Gasteiger partial charge in [0.1, 0.15) is 0 Å². The van der Waals surface area contributed by atoms with E-state index in [1.54, 1.807) is 57.2 Å². The Morgan fingerprint density at radius 2 is 0.720 bits per heavy atom. The second-order valence-electron chi connectivity index (χ2n) is 3.61. The van der Waals surface area contributed by atoms with E-state index in [-0.39, 0.29) is 35.6 Å². The molecule has 0 spiro atoms. The smallest absolute Gasteiger partial charge is 0.545 e. The zero-order valence-electron chi connectivity index (χ0n) is 14.5. The Hall–Kier alpha value is -1.96. The van der Waals surface area contributed by atoms with Gasteiger partial charge in [-0.1, -0.05) is 54.7 Å². The van der Waals surface area contributed by atoms with Gasteiger partial charge >= 0.3 is 35.6 Å². The average Bonchev–Trinajstić information content (AvgIpc) is 2.48. The van der Waals surface area contributed by atoms with E-state index in [4.69, 9.17) is 0 Å². The average molecular weight is 472 g/mol. The zero-order chi connectivity index (χ0) is 19.2. The minimum Gasteiger partial charge on any atom is -0.545 e. The molecule has 25 heavy (non-hydrogen) atoms. The van der Waals surface area contributed by atoms with E-state index in [0.717, 1.165) is 18.2 Å². The van der Waals surface area contributed by atoms with Gasteiger partial charge in [0.15, 0.2) is 0 Å². The Balaban J connectivity index is -0.000000130. The van der Waals surface area contributed by atoms with Crippen molar-refractivity contribution in [3.8, 4) is 0 Å². The fourth-order valence-electron chi connectivity index (χ4n) is 0.736. The Labute approximate surface area is 176 Å². The van der Waals surface area contributed by atoms with Crippen molar-refractivity contribution < 1.29 is 65.3 Å². The zero-order valence-corrected chi connectivity index (χ0v) is 18.1.